The molecular formula is C16H19ClF2N4. The van der Waals surface area contributed by atoms with Gasteiger partial charge in [0.2, 0.25) is 5.92 Å². The summed E-state index contributed by atoms with van der Waals surface area (Å²) in [5.74, 6) is -1.32. The molecule has 4 nitrogen and oxygen atoms in total. The predicted molar refractivity (Wildman–Crippen MR) is 86.7 cm³/mol. The van der Waals surface area contributed by atoms with Gasteiger partial charge in [-0.05, 0) is 38.8 Å². The van der Waals surface area contributed by atoms with Crippen LogP contribution in [-0.4, -0.2) is 26.7 Å². The molecule has 0 saturated heterocycles. The van der Waals surface area contributed by atoms with Gasteiger partial charge in [0.15, 0.2) is 5.82 Å². The number of hydrogen-bond acceptors (Lipinski definition) is 3. The third-order valence-corrected chi connectivity index (χ3v) is 4.29. The van der Waals surface area contributed by atoms with Crippen LogP contribution in [0, 0.1) is 13.8 Å². The molecule has 0 spiro atoms. The highest BCUT2D eigenvalue weighted by Crippen LogP contribution is 2.34. The molecule has 0 radical (unpaired) electrons. The van der Waals surface area contributed by atoms with Gasteiger partial charge in [-0.2, -0.15) is 5.10 Å². The second-order valence-electron chi connectivity index (χ2n) is 6.14. The third kappa shape index (κ3) is 3.80. The van der Waals surface area contributed by atoms with Gasteiger partial charge in [0.1, 0.15) is 5.82 Å². The Morgan fingerprint density at radius 3 is 2.52 bits per heavy atom. The maximum atomic E-state index is 13.2. The highest BCUT2D eigenvalue weighted by Gasteiger charge is 2.34. The summed E-state index contributed by atoms with van der Waals surface area (Å²) >= 11 is 6.18. The van der Waals surface area contributed by atoms with Crippen molar-refractivity contribution in [3.63, 3.8) is 0 Å². The molecule has 2 heterocycles. The van der Waals surface area contributed by atoms with Gasteiger partial charge in [0, 0.05) is 35.7 Å². The van der Waals surface area contributed by atoms with E-state index in [0.29, 0.717) is 29.5 Å². The summed E-state index contributed by atoms with van der Waals surface area (Å²) in [6.45, 7) is 3.86. The first-order valence-corrected chi connectivity index (χ1v) is 8.06. The van der Waals surface area contributed by atoms with Gasteiger partial charge in [-0.3, -0.25) is 0 Å². The summed E-state index contributed by atoms with van der Waals surface area (Å²) in [5.41, 5.74) is 1.86. The molecule has 0 aliphatic heterocycles. The Balaban J connectivity index is 1.80. The first-order chi connectivity index (χ1) is 10.8. The number of anilines is 1. The molecule has 0 aromatic carbocycles. The number of alkyl halides is 2. The molecule has 0 atom stereocenters. The normalized spacial score (nSPS) is 18.1. The number of pyridine rings is 1. The van der Waals surface area contributed by atoms with Crippen LogP contribution in [-0.2, 0) is 0 Å². The largest absolute Gasteiger partial charge is 0.367 e. The lowest BCUT2D eigenvalue weighted by Gasteiger charge is -2.29. The molecule has 2 aromatic heterocycles. The molecule has 0 amide bonds. The Kier molecular flexibility index (Phi) is 4.27. The van der Waals surface area contributed by atoms with Gasteiger partial charge in [0.25, 0.3) is 0 Å². The number of rotatable bonds is 3. The van der Waals surface area contributed by atoms with Gasteiger partial charge in [-0.1, -0.05) is 11.6 Å². The van der Waals surface area contributed by atoms with Gasteiger partial charge in [0.05, 0.1) is 5.69 Å². The highest BCUT2D eigenvalue weighted by molar-refractivity contribution is 6.30. The van der Waals surface area contributed by atoms with Crippen molar-refractivity contribution in [2.75, 3.05) is 5.32 Å². The first kappa shape index (κ1) is 16.2. The maximum absolute atomic E-state index is 13.2. The van der Waals surface area contributed by atoms with Crippen molar-refractivity contribution in [3.8, 4) is 5.82 Å². The van der Waals surface area contributed by atoms with Crippen LogP contribution >= 0.6 is 11.6 Å². The summed E-state index contributed by atoms with van der Waals surface area (Å²) < 4.78 is 28.2. The van der Waals surface area contributed by atoms with Crippen LogP contribution < -0.4 is 5.32 Å². The van der Waals surface area contributed by atoms with E-state index in [9.17, 15) is 8.78 Å². The average molecular weight is 341 g/mol. The zero-order chi connectivity index (χ0) is 16.6. The van der Waals surface area contributed by atoms with Gasteiger partial charge >= 0.3 is 0 Å². The van der Waals surface area contributed by atoms with Crippen molar-refractivity contribution in [1.82, 2.24) is 14.8 Å². The number of hydrogen-bond donors (Lipinski definition) is 1. The van der Waals surface area contributed by atoms with Crippen molar-refractivity contribution in [2.24, 2.45) is 0 Å². The van der Waals surface area contributed by atoms with Crippen LogP contribution in [0.2, 0.25) is 5.02 Å². The summed E-state index contributed by atoms with van der Waals surface area (Å²) in [5, 5.41) is 8.16. The quantitative estimate of drug-likeness (QED) is 0.892. The van der Waals surface area contributed by atoms with Crippen molar-refractivity contribution >= 4 is 17.4 Å². The molecule has 23 heavy (non-hydrogen) atoms. The van der Waals surface area contributed by atoms with E-state index >= 15 is 0 Å². The number of nitrogens with zero attached hydrogens (tertiary/aromatic N) is 3. The standard InChI is InChI=1S/C16H19ClF2N4/c1-10-7-11(2)23(22-10)15-9-12(17)8-14(21-15)20-13-3-5-16(18,19)6-4-13/h7-9,13H,3-6H2,1-2H3,(H,20,21). The highest BCUT2D eigenvalue weighted by atomic mass is 35.5. The van der Waals surface area contributed by atoms with Crippen LogP contribution in [0.5, 0.6) is 0 Å². The smallest absolute Gasteiger partial charge is 0.248 e. The number of aromatic nitrogens is 3. The topological polar surface area (TPSA) is 42.7 Å². The Hall–Kier alpha value is -1.69. The van der Waals surface area contributed by atoms with Crippen LogP contribution in [0.25, 0.3) is 5.82 Å². The first-order valence-electron chi connectivity index (χ1n) is 7.68. The zero-order valence-corrected chi connectivity index (χ0v) is 13.9. The van der Waals surface area contributed by atoms with Crippen molar-refractivity contribution < 1.29 is 8.78 Å². The fraction of sp³-hybridized carbons (Fsp3) is 0.500. The maximum Gasteiger partial charge on any atom is 0.248 e. The molecule has 1 aliphatic carbocycles. The van der Waals surface area contributed by atoms with E-state index in [2.05, 4.69) is 15.4 Å². The van der Waals surface area contributed by atoms with E-state index in [-0.39, 0.29) is 18.9 Å². The molecule has 7 heteroatoms. The van der Waals surface area contributed by atoms with Crippen LogP contribution in [0.3, 0.4) is 0 Å². The lowest BCUT2D eigenvalue weighted by Crippen LogP contribution is -2.32. The fourth-order valence-corrected chi connectivity index (χ4v) is 3.12. The van der Waals surface area contributed by atoms with Crippen LogP contribution in [0.1, 0.15) is 37.1 Å². The number of halogens is 3. The molecule has 124 valence electrons. The second-order valence-corrected chi connectivity index (χ2v) is 6.58. The van der Waals surface area contributed by atoms with E-state index in [1.165, 1.54) is 0 Å². The predicted octanol–water partition coefficient (Wildman–Crippen LogP) is 4.53. The molecular weight excluding hydrogens is 322 g/mol. The molecule has 1 aliphatic rings. The fourth-order valence-electron chi connectivity index (χ4n) is 2.92. The van der Waals surface area contributed by atoms with Crippen LogP contribution in [0.4, 0.5) is 14.6 Å². The molecule has 0 unspecified atom stereocenters. The Labute approximate surface area is 138 Å². The molecule has 3 rings (SSSR count). The molecule has 1 fully saturated rings. The minimum absolute atomic E-state index is 0.00565. The van der Waals surface area contributed by atoms with E-state index in [1.807, 2.05) is 19.9 Å². The molecule has 1 N–H and O–H groups in total. The second kappa shape index (κ2) is 6.07. The summed E-state index contributed by atoms with van der Waals surface area (Å²) in [6, 6.07) is 5.40. The lowest BCUT2D eigenvalue weighted by molar-refractivity contribution is -0.0361. The molecule has 1 saturated carbocycles. The minimum Gasteiger partial charge on any atom is -0.367 e. The number of aryl methyl sites for hydroxylation is 2. The summed E-state index contributed by atoms with van der Waals surface area (Å²) in [4.78, 5) is 4.53. The SMILES string of the molecule is Cc1cc(C)n(-c2cc(Cl)cc(NC3CCC(F)(F)CC3)n2)n1. The Bertz CT molecular complexity index is 704. The van der Waals surface area contributed by atoms with Gasteiger partial charge < -0.3 is 5.32 Å². The monoisotopic (exact) mass is 340 g/mol. The van der Waals surface area contributed by atoms with E-state index in [1.54, 1.807) is 16.8 Å². The lowest BCUT2D eigenvalue weighted by atomic mass is 9.92. The van der Waals surface area contributed by atoms with Gasteiger partial charge in [-0.25, -0.2) is 18.4 Å². The van der Waals surface area contributed by atoms with Gasteiger partial charge in [-0.15, -0.1) is 0 Å². The average Bonchev–Trinajstić information content (AvgIpc) is 2.79. The van der Waals surface area contributed by atoms with E-state index < -0.39 is 5.92 Å². The minimum atomic E-state index is -2.53. The summed E-state index contributed by atoms with van der Waals surface area (Å²) in [7, 11) is 0. The summed E-state index contributed by atoms with van der Waals surface area (Å²) in [6.07, 6.45) is 0.679. The zero-order valence-electron chi connectivity index (χ0n) is 13.1. The van der Waals surface area contributed by atoms with E-state index in [0.717, 1.165) is 11.4 Å². The Morgan fingerprint density at radius 2 is 1.91 bits per heavy atom. The van der Waals surface area contributed by atoms with Crippen molar-refractivity contribution in [1.29, 1.82) is 0 Å². The van der Waals surface area contributed by atoms with Crippen molar-refractivity contribution in [3.05, 3.63) is 34.6 Å². The third-order valence-electron chi connectivity index (χ3n) is 4.07. The molecule has 2 aromatic rings. The Morgan fingerprint density at radius 1 is 1.22 bits per heavy atom. The molecule has 0 bridgehead atoms. The van der Waals surface area contributed by atoms with E-state index in [4.69, 9.17) is 11.6 Å². The number of nitrogens with one attached hydrogen (secondary N) is 1. The van der Waals surface area contributed by atoms with Crippen molar-refractivity contribution in [2.45, 2.75) is 51.5 Å². The van der Waals surface area contributed by atoms with Crippen LogP contribution in [0.15, 0.2) is 18.2 Å².